The molecule has 6 heteroatoms. The molecular formula is C17H17N3O3. The maximum atomic E-state index is 12.1. The molecule has 0 saturated heterocycles. The number of ether oxygens (including phenoxy) is 1. The van der Waals surface area contributed by atoms with E-state index in [9.17, 15) is 4.79 Å². The summed E-state index contributed by atoms with van der Waals surface area (Å²) in [4.78, 5) is 20.7. The number of rotatable bonds is 4. The van der Waals surface area contributed by atoms with Gasteiger partial charge in [-0.3, -0.25) is 4.79 Å². The Morgan fingerprint density at radius 3 is 2.61 bits per heavy atom. The molecule has 1 aromatic carbocycles. The van der Waals surface area contributed by atoms with Gasteiger partial charge in [-0.1, -0.05) is 0 Å². The van der Waals surface area contributed by atoms with Gasteiger partial charge in [0.2, 0.25) is 11.8 Å². The van der Waals surface area contributed by atoms with Crippen LogP contribution >= 0.6 is 0 Å². The van der Waals surface area contributed by atoms with Gasteiger partial charge in [-0.25, -0.2) is 14.5 Å². The number of hydrogen-bond acceptors (Lipinski definition) is 5. The van der Waals surface area contributed by atoms with Gasteiger partial charge in [0.05, 0.1) is 12.8 Å². The van der Waals surface area contributed by atoms with Gasteiger partial charge in [-0.2, -0.15) is 0 Å². The Labute approximate surface area is 133 Å². The smallest absolute Gasteiger partial charge is 0.260 e. The van der Waals surface area contributed by atoms with Crippen molar-refractivity contribution in [1.29, 1.82) is 0 Å². The van der Waals surface area contributed by atoms with Crippen molar-refractivity contribution in [1.82, 2.24) is 14.5 Å². The summed E-state index contributed by atoms with van der Waals surface area (Å²) >= 11 is 0. The third-order valence-electron chi connectivity index (χ3n) is 3.34. The molecule has 3 aromatic rings. The largest absolute Gasteiger partial charge is 0.494 e. The van der Waals surface area contributed by atoms with Crippen molar-refractivity contribution in [2.75, 3.05) is 6.61 Å². The molecule has 6 nitrogen and oxygen atoms in total. The molecule has 0 atom stereocenters. The lowest BCUT2D eigenvalue weighted by Gasteiger charge is -2.05. The van der Waals surface area contributed by atoms with Crippen molar-refractivity contribution in [2.45, 2.75) is 20.8 Å². The first-order valence-electron chi connectivity index (χ1n) is 7.35. The van der Waals surface area contributed by atoms with Gasteiger partial charge in [0.25, 0.3) is 5.56 Å². The van der Waals surface area contributed by atoms with Crippen LogP contribution in [0.4, 0.5) is 0 Å². The zero-order valence-electron chi connectivity index (χ0n) is 13.2. The number of benzene rings is 1. The predicted molar refractivity (Wildman–Crippen MR) is 86.0 cm³/mol. The zero-order chi connectivity index (χ0) is 16.4. The molecule has 2 aromatic heterocycles. The van der Waals surface area contributed by atoms with E-state index < -0.39 is 0 Å². The molecule has 0 aliphatic rings. The van der Waals surface area contributed by atoms with E-state index in [0.29, 0.717) is 29.9 Å². The van der Waals surface area contributed by atoms with E-state index in [1.54, 1.807) is 13.8 Å². The van der Waals surface area contributed by atoms with E-state index in [2.05, 4.69) is 9.97 Å². The SMILES string of the molecule is CCOc1ccc(-c2ncc(-n3c(C)nc(C)cc3=O)o2)cc1. The average molecular weight is 311 g/mol. The minimum absolute atomic E-state index is 0.190. The summed E-state index contributed by atoms with van der Waals surface area (Å²) in [5.74, 6) is 2.14. The first kappa shape index (κ1) is 15.0. The molecular weight excluding hydrogens is 294 g/mol. The van der Waals surface area contributed by atoms with Crippen LogP contribution in [0.5, 0.6) is 5.75 Å². The van der Waals surface area contributed by atoms with Crippen LogP contribution in [0.3, 0.4) is 0 Å². The lowest BCUT2D eigenvalue weighted by atomic mass is 10.2. The summed E-state index contributed by atoms with van der Waals surface area (Å²) in [7, 11) is 0. The zero-order valence-corrected chi connectivity index (χ0v) is 13.2. The summed E-state index contributed by atoms with van der Waals surface area (Å²) in [6.07, 6.45) is 1.53. The molecule has 0 bridgehead atoms. The van der Waals surface area contributed by atoms with Gasteiger partial charge in [0.15, 0.2) is 0 Å². The van der Waals surface area contributed by atoms with Crippen molar-refractivity contribution in [2.24, 2.45) is 0 Å². The van der Waals surface area contributed by atoms with Crippen LogP contribution in [-0.2, 0) is 0 Å². The Morgan fingerprint density at radius 1 is 1.22 bits per heavy atom. The predicted octanol–water partition coefficient (Wildman–Crippen LogP) is 2.90. The van der Waals surface area contributed by atoms with Crippen molar-refractivity contribution in [3.8, 4) is 23.1 Å². The second-order valence-corrected chi connectivity index (χ2v) is 5.08. The summed E-state index contributed by atoms with van der Waals surface area (Å²) in [5, 5.41) is 0. The molecule has 0 aliphatic heterocycles. The number of oxazole rings is 1. The maximum absolute atomic E-state index is 12.1. The first-order chi connectivity index (χ1) is 11.1. The van der Waals surface area contributed by atoms with Crippen LogP contribution in [0.1, 0.15) is 18.4 Å². The van der Waals surface area contributed by atoms with E-state index in [1.165, 1.54) is 16.8 Å². The molecule has 118 valence electrons. The topological polar surface area (TPSA) is 70.2 Å². The van der Waals surface area contributed by atoms with Crippen LogP contribution in [0, 0.1) is 13.8 Å². The highest BCUT2D eigenvalue weighted by atomic mass is 16.5. The number of aromatic nitrogens is 3. The first-order valence-corrected chi connectivity index (χ1v) is 7.35. The Hall–Kier alpha value is -2.89. The summed E-state index contributed by atoms with van der Waals surface area (Å²) in [5.41, 5.74) is 1.30. The minimum atomic E-state index is -0.190. The molecule has 0 amide bonds. The van der Waals surface area contributed by atoms with E-state index >= 15 is 0 Å². The quantitative estimate of drug-likeness (QED) is 0.741. The van der Waals surface area contributed by atoms with E-state index in [4.69, 9.17) is 9.15 Å². The molecule has 23 heavy (non-hydrogen) atoms. The van der Waals surface area contributed by atoms with Crippen LogP contribution in [0.25, 0.3) is 17.3 Å². The summed E-state index contributed by atoms with van der Waals surface area (Å²) in [6.45, 7) is 6.09. The Kier molecular flexibility index (Phi) is 3.97. The lowest BCUT2D eigenvalue weighted by Crippen LogP contribution is -2.21. The second-order valence-electron chi connectivity index (χ2n) is 5.08. The van der Waals surface area contributed by atoms with E-state index in [0.717, 1.165) is 11.3 Å². The van der Waals surface area contributed by atoms with Crippen LogP contribution in [0.15, 0.2) is 45.7 Å². The Balaban J connectivity index is 1.96. The molecule has 2 heterocycles. The summed E-state index contributed by atoms with van der Waals surface area (Å²) in [6, 6.07) is 8.90. The van der Waals surface area contributed by atoms with Gasteiger partial charge < -0.3 is 9.15 Å². The van der Waals surface area contributed by atoms with Gasteiger partial charge >= 0.3 is 0 Å². The van der Waals surface area contributed by atoms with Crippen LogP contribution in [-0.4, -0.2) is 21.1 Å². The van der Waals surface area contributed by atoms with Crippen LogP contribution in [0.2, 0.25) is 0 Å². The van der Waals surface area contributed by atoms with Crippen LogP contribution < -0.4 is 10.3 Å². The van der Waals surface area contributed by atoms with E-state index in [-0.39, 0.29) is 5.56 Å². The molecule has 3 rings (SSSR count). The normalized spacial score (nSPS) is 10.7. The fourth-order valence-electron chi connectivity index (χ4n) is 2.37. The molecule has 0 N–H and O–H groups in total. The highest BCUT2D eigenvalue weighted by molar-refractivity contribution is 5.55. The molecule has 0 saturated carbocycles. The molecule has 0 radical (unpaired) electrons. The van der Waals surface area contributed by atoms with Crippen molar-refractivity contribution < 1.29 is 9.15 Å². The van der Waals surface area contributed by atoms with Crippen molar-refractivity contribution in [3.63, 3.8) is 0 Å². The second kappa shape index (κ2) is 6.08. The lowest BCUT2D eigenvalue weighted by molar-refractivity contribution is 0.340. The highest BCUT2D eigenvalue weighted by Crippen LogP contribution is 2.23. The van der Waals surface area contributed by atoms with Gasteiger partial charge in [0.1, 0.15) is 11.6 Å². The van der Waals surface area contributed by atoms with Crippen molar-refractivity contribution >= 4 is 0 Å². The monoisotopic (exact) mass is 311 g/mol. The Morgan fingerprint density at radius 2 is 1.96 bits per heavy atom. The number of aryl methyl sites for hydroxylation is 2. The molecule has 0 unspecified atom stereocenters. The third kappa shape index (κ3) is 3.01. The highest BCUT2D eigenvalue weighted by Gasteiger charge is 2.12. The Bertz CT molecular complexity index is 879. The fourth-order valence-corrected chi connectivity index (χ4v) is 2.37. The average Bonchev–Trinajstić information content (AvgIpc) is 2.97. The van der Waals surface area contributed by atoms with Gasteiger partial charge in [-0.05, 0) is 45.0 Å². The minimum Gasteiger partial charge on any atom is -0.494 e. The van der Waals surface area contributed by atoms with Crippen molar-refractivity contribution in [3.05, 3.63) is 58.4 Å². The summed E-state index contributed by atoms with van der Waals surface area (Å²) < 4.78 is 12.5. The van der Waals surface area contributed by atoms with Gasteiger partial charge in [0, 0.05) is 17.3 Å². The standard InChI is InChI=1S/C17H17N3O3/c1-4-22-14-7-5-13(6-8-14)17-18-10-16(23-17)20-12(3)19-11(2)9-15(20)21/h5-10H,4H2,1-3H3. The fraction of sp³-hybridized carbons (Fsp3) is 0.235. The maximum Gasteiger partial charge on any atom is 0.260 e. The number of hydrogen-bond donors (Lipinski definition) is 0. The van der Waals surface area contributed by atoms with Gasteiger partial charge in [-0.15, -0.1) is 0 Å². The van der Waals surface area contributed by atoms with E-state index in [1.807, 2.05) is 31.2 Å². The third-order valence-corrected chi connectivity index (χ3v) is 3.34. The molecule has 0 aliphatic carbocycles. The molecule has 0 spiro atoms. The molecule has 0 fully saturated rings. The number of nitrogens with zero attached hydrogens (tertiary/aromatic N) is 3.